The zero-order chi connectivity index (χ0) is 26.5. The summed E-state index contributed by atoms with van der Waals surface area (Å²) < 4.78 is 3.41. The Labute approximate surface area is 227 Å². The first-order valence-corrected chi connectivity index (χ1v) is 12.7. The molecule has 0 aliphatic heterocycles. The Bertz CT molecular complexity index is 1590. The number of halogens is 3. The van der Waals surface area contributed by atoms with Crippen LogP contribution in [0.1, 0.15) is 41.7 Å². The predicted octanol–water partition coefficient (Wildman–Crippen LogP) is 5.90. The van der Waals surface area contributed by atoms with Gasteiger partial charge in [0.15, 0.2) is 0 Å². The summed E-state index contributed by atoms with van der Waals surface area (Å²) in [5, 5.41) is 13.3. The van der Waals surface area contributed by atoms with Crippen molar-refractivity contribution in [2.45, 2.75) is 37.8 Å². The van der Waals surface area contributed by atoms with E-state index in [9.17, 15) is 19.5 Å². The van der Waals surface area contributed by atoms with E-state index in [1.807, 2.05) is 6.07 Å². The Morgan fingerprint density at radius 1 is 1.00 bits per heavy atom. The SMILES string of the molecule is CC(Cc1ccc(-n2c(=O)n(C3CC3)c3ccc(Cl)cc32)cc1)(NC(=O)c1c(Cl)cccc1Cl)C(=O)O. The van der Waals surface area contributed by atoms with Gasteiger partial charge in [-0.05, 0) is 67.8 Å². The van der Waals surface area contributed by atoms with E-state index in [1.54, 1.807) is 51.6 Å². The summed E-state index contributed by atoms with van der Waals surface area (Å²) in [6, 6.07) is 17.2. The highest BCUT2D eigenvalue weighted by molar-refractivity contribution is 6.39. The highest BCUT2D eigenvalue weighted by Gasteiger charge is 2.36. The lowest BCUT2D eigenvalue weighted by molar-refractivity contribution is -0.143. The third-order valence-electron chi connectivity index (χ3n) is 6.55. The van der Waals surface area contributed by atoms with Crippen LogP contribution in [0.4, 0.5) is 0 Å². The van der Waals surface area contributed by atoms with E-state index in [0.717, 1.165) is 18.4 Å². The lowest BCUT2D eigenvalue weighted by Gasteiger charge is -2.27. The van der Waals surface area contributed by atoms with Crippen LogP contribution in [-0.2, 0) is 11.2 Å². The number of carboxylic acids is 1. The molecule has 5 rings (SSSR count). The van der Waals surface area contributed by atoms with Crippen LogP contribution >= 0.6 is 34.8 Å². The minimum atomic E-state index is -1.65. The van der Waals surface area contributed by atoms with E-state index in [4.69, 9.17) is 34.8 Å². The largest absolute Gasteiger partial charge is 0.480 e. The molecule has 0 saturated heterocycles. The van der Waals surface area contributed by atoms with Crippen LogP contribution in [-0.4, -0.2) is 31.7 Å². The number of aliphatic carboxylic acids is 1. The number of fused-ring (bicyclic) bond motifs is 1. The number of carbonyl (C=O) groups excluding carboxylic acids is 1. The maximum Gasteiger partial charge on any atom is 0.333 e. The Hall–Kier alpha value is -3.26. The molecule has 10 heteroatoms. The molecule has 7 nitrogen and oxygen atoms in total. The fourth-order valence-corrected chi connectivity index (χ4v) is 5.24. The number of hydrogen-bond acceptors (Lipinski definition) is 3. The first kappa shape index (κ1) is 25.4. The lowest BCUT2D eigenvalue weighted by atomic mass is 9.92. The fraction of sp³-hybridized carbons (Fsp3) is 0.222. The van der Waals surface area contributed by atoms with E-state index < -0.39 is 17.4 Å². The summed E-state index contributed by atoms with van der Waals surface area (Å²) in [6.45, 7) is 1.42. The molecule has 0 radical (unpaired) electrons. The maximum absolute atomic E-state index is 13.3. The van der Waals surface area contributed by atoms with Gasteiger partial charge in [-0.1, -0.05) is 53.0 Å². The van der Waals surface area contributed by atoms with E-state index in [0.29, 0.717) is 21.8 Å². The Morgan fingerprint density at radius 3 is 2.24 bits per heavy atom. The molecular formula is C27H22Cl3N3O4. The molecule has 1 saturated carbocycles. The van der Waals surface area contributed by atoms with Crippen LogP contribution < -0.4 is 11.0 Å². The number of benzene rings is 3. The van der Waals surface area contributed by atoms with E-state index in [2.05, 4.69) is 5.32 Å². The predicted molar refractivity (Wildman–Crippen MR) is 144 cm³/mol. The van der Waals surface area contributed by atoms with Gasteiger partial charge in [0.1, 0.15) is 5.54 Å². The molecule has 1 amide bonds. The van der Waals surface area contributed by atoms with Gasteiger partial charge >= 0.3 is 11.7 Å². The zero-order valence-electron chi connectivity index (χ0n) is 19.7. The second kappa shape index (κ2) is 9.56. The molecular weight excluding hydrogens is 537 g/mol. The van der Waals surface area contributed by atoms with Gasteiger partial charge in [-0.25, -0.2) is 9.59 Å². The molecule has 4 aromatic rings. The van der Waals surface area contributed by atoms with E-state index in [-0.39, 0.29) is 33.8 Å². The standard InChI is InChI=1S/C27H22Cl3N3O4/c1-27(25(35)36,31-24(34)23-19(29)3-2-4-20(23)30)14-15-5-8-17(9-6-15)33-22-13-16(28)7-12-21(22)32(26(33)37)18-10-11-18/h2-9,12-13,18H,10-11,14H2,1H3,(H,31,34)(H,35,36). The van der Waals surface area contributed by atoms with Gasteiger partial charge in [-0.2, -0.15) is 0 Å². The molecule has 1 atom stereocenters. The summed E-state index contributed by atoms with van der Waals surface area (Å²) in [5.74, 6) is -1.90. The lowest BCUT2D eigenvalue weighted by Crippen LogP contribution is -2.53. The van der Waals surface area contributed by atoms with Crippen molar-refractivity contribution in [2.75, 3.05) is 0 Å². The van der Waals surface area contributed by atoms with Crippen LogP contribution in [0.2, 0.25) is 15.1 Å². The highest BCUT2D eigenvalue weighted by Crippen LogP contribution is 2.37. The minimum absolute atomic E-state index is 0.0127. The number of amides is 1. The summed E-state index contributed by atoms with van der Waals surface area (Å²) in [7, 11) is 0. The molecule has 1 heterocycles. The number of hydrogen-bond donors (Lipinski definition) is 2. The molecule has 190 valence electrons. The Morgan fingerprint density at radius 2 is 1.65 bits per heavy atom. The van der Waals surface area contributed by atoms with Crippen molar-refractivity contribution in [3.63, 3.8) is 0 Å². The van der Waals surface area contributed by atoms with Gasteiger partial charge in [0.05, 0.1) is 32.3 Å². The van der Waals surface area contributed by atoms with Gasteiger partial charge in [0, 0.05) is 17.5 Å². The molecule has 1 fully saturated rings. The molecule has 37 heavy (non-hydrogen) atoms. The van der Waals surface area contributed by atoms with Crippen molar-refractivity contribution in [3.05, 3.63) is 97.3 Å². The van der Waals surface area contributed by atoms with Crippen molar-refractivity contribution in [3.8, 4) is 5.69 Å². The molecule has 0 bridgehead atoms. The van der Waals surface area contributed by atoms with Crippen LogP contribution in [0, 0.1) is 0 Å². The molecule has 1 aromatic heterocycles. The van der Waals surface area contributed by atoms with Gasteiger partial charge in [0.25, 0.3) is 5.91 Å². The van der Waals surface area contributed by atoms with E-state index >= 15 is 0 Å². The first-order valence-electron chi connectivity index (χ1n) is 11.6. The van der Waals surface area contributed by atoms with Crippen molar-refractivity contribution in [2.24, 2.45) is 0 Å². The number of nitrogens with one attached hydrogen (secondary N) is 1. The van der Waals surface area contributed by atoms with Gasteiger partial charge in [0.2, 0.25) is 0 Å². The van der Waals surface area contributed by atoms with Crippen LogP contribution in [0.15, 0.2) is 65.5 Å². The van der Waals surface area contributed by atoms with Crippen molar-refractivity contribution in [1.29, 1.82) is 0 Å². The van der Waals surface area contributed by atoms with Crippen LogP contribution in [0.5, 0.6) is 0 Å². The van der Waals surface area contributed by atoms with Gasteiger partial charge < -0.3 is 10.4 Å². The number of carbonyl (C=O) groups is 2. The molecule has 1 unspecified atom stereocenters. The normalized spacial score (nSPS) is 14.9. The van der Waals surface area contributed by atoms with Gasteiger partial charge in [-0.15, -0.1) is 0 Å². The monoisotopic (exact) mass is 557 g/mol. The number of rotatable bonds is 7. The third kappa shape index (κ3) is 4.75. The fourth-order valence-electron chi connectivity index (χ4n) is 4.50. The highest BCUT2D eigenvalue weighted by atomic mass is 35.5. The Kier molecular flexibility index (Phi) is 6.56. The van der Waals surface area contributed by atoms with Crippen molar-refractivity contribution in [1.82, 2.24) is 14.5 Å². The molecule has 1 aliphatic carbocycles. The van der Waals surface area contributed by atoms with Crippen molar-refractivity contribution < 1.29 is 14.7 Å². The summed E-state index contributed by atoms with van der Waals surface area (Å²) >= 11 is 18.5. The zero-order valence-corrected chi connectivity index (χ0v) is 21.9. The number of aromatic nitrogens is 2. The quantitative estimate of drug-likeness (QED) is 0.295. The second-order valence-electron chi connectivity index (χ2n) is 9.38. The minimum Gasteiger partial charge on any atom is -0.480 e. The van der Waals surface area contributed by atoms with Gasteiger partial charge in [-0.3, -0.25) is 13.9 Å². The topological polar surface area (TPSA) is 93.3 Å². The number of nitrogens with zero attached hydrogens (tertiary/aromatic N) is 2. The number of imidazole rings is 1. The molecule has 2 N–H and O–H groups in total. The van der Waals surface area contributed by atoms with E-state index in [1.165, 1.54) is 19.1 Å². The number of carboxylic acid groups (broad SMARTS) is 1. The average Bonchev–Trinajstić information content (AvgIpc) is 3.62. The molecule has 3 aromatic carbocycles. The summed E-state index contributed by atoms with van der Waals surface area (Å²) in [5.41, 5.74) is 1.02. The maximum atomic E-state index is 13.3. The third-order valence-corrected chi connectivity index (χ3v) is 7.42. The summed E-state index contributed by atoms with van der Waals surface area (Å²) in [4.78, 5) is 38.4. The van der Waals surface area contributed by atoms with Crippen molar-refractivity contribution >= 4 is 57.7 Å². The smallest absolute Gasteiger partial charge is 0.333 e. The first-order chi connectivity index (χ1) is 17.6. The second-order valence-corrected chi connectivity index (χ2v) is 10.6. The van der Waals surface area contributed by atoms with Crippen LogP contribution in [0.25, 0.3) is 16.7 Å². The van der Waals surface area contributed by atoms with Crippen LogP contribution in [0.3, 0.4) is 0 Å². The Balaban J connectivity index is 1.45. The summed E-state index contributed by atoms with van der Waals surface area (Å²) in [6.07, 6.45) is 1.90. The average molecular weight is 559 g/mol. The molecule has 1 aliphatic rings. The molecule has 0 spiro atoms.